The Morgan fingerprint density at radius 1 is 0.769 bits per heavy atom. The van der Waals surface area contributed by atoms with Crippen LogP contribution in [0, 0.1) is 0 Å². The van der Waals surface area contributed by atoms with Crippen LogP contribution in [-0.4, -0.2) is 27.8 Å². The topological polar surface area (TPSA) is 62.9 Å². The van der Waals surface area contributed by atoms with Gasteiger partial charge in [-0.2, -0.15) is 0 Å². The molecule has 0 atom stereocenters. The molecule has 2 N–H and O–H groups in total. The maximum Gasteiger partial charge on any atom is 0.188 e. The quantitative estimate of drug-likeness (QED) is 0.382. The van der Waals surface area contributed by atoms with E-state index in [1.807, 2.05) is 24.3 Å². The molecule has 0 saturated heterocycles. The molecule has 2 rings (SSSR count). The van der Waals surface area contributed by atoms with E-state index in [1.54, 1.807) is 14.2 Å². The fraction of sp³-hybridized carbons (Fsp3) is 0.294. The summed E-state index contributed by atoms with van der Waals surface area (Å²) in [7, 11) is 3.13. The Kier molecular flexibility index (Phi) is 8.85. The highest BCUT2D eigenvalue weighted by Crippen LogP contribution is 2.42. The van der Waals surface area contributed by atoms with Gasteiger partial charge in [-0.25, -0.2) is 0 Å². The first kappa shape index (κ1) is 22.1. The van der Waals surface area contributed by atoms with Crippen LogP contribution in [-0.2, 0) is 9.47 Å². The fourth-order valence-corrected chi connectivity index (χ4v) is 5.08. The summed E-state index contributed by atoms with van der Waals surface area (Å²) in [6, 6.07) is 7.09. The molecule has 0 radical (unpaired) electrons. The molecule has 2 aromatic rings. The Hall–Kier alpha value is -0.160. The maximum atomic E-state index is 6.61. The second-order valence-electron chi connectivity index (χ2n) is 5.19. The van der Waals surface area contributed by atoms with Gasteiger partial charge >= 0.3 is 0 Å². The van der Waals surface area contributed by atoms with E-state index >= 15 is 0 Å². The standard InChI is InChI=1S/C17H17Br4NO4/c1-23-7-25-16-11(3-9(18)5-13(16)20)15(22)12-4-10(19)6-14(21)17(12)26-8-24-2/h3-6,15H,7-8,22H2,1-2H3. The summed E-state index contributed by atoms with van der Waals surface area (Å²) in [5.41, 5.74) is 8.16. The van der Waals surface area contributed by atoms with Crippen LogP contribution in [0.5, 0.6) is 11.5 Å². The molecule has 9 heteroatoms. The van der Waals surface area contributed by atoms with Gasteiger partial charge in [-0.1, -0.05) is 31.9 Å². The molecule has 0 spiro atoms. The minimum atomic E-state index is -0.517. The number of ether oxygens (including phenoxy) is 4. The number of benzene rings is 2. The Morgan fingerprint density at radius 2 is 1.15 bits per heavy atom. The fourth-order valence-electron chi connectivity index (χ4n) is 2.33. The van der Waals surface area contributed by atoms with Crippen molar-refractivity contribution in [3.63, 3.8) is 0 Å². The average molecular weight is 619 g/mol. The van der Waals surface area contributed by atoms with Crippen LogP contribution in [0.2, 0.25) is 0 Å². The van der Waals surface area contributed by atoms with Gasteiger partial charge in [-0.15, -0.1) is 0 Å². The third-order valence-corrected chi connectivity index (χ3v) is 5.48. The van der Waals surface area contributed by atoms with Crippen LogP contribution in [0.1, 0.15) is 17.2 Å². The minimum absolute atomic E-state index is 0.106. The minimum Gasteiger partial charge on any atom is -0.466 e. The van der Waals surface area contributed by atoms with Crippen molar-refractivity contribution in [2.24, 2.45) is 5.73 Å². The van der Waals surface area contributed by atoms with E-state index in [0.717, 1.165) is 29.0 Å². The summed E-state index contributed by atoms with van der Waals surface area (Å²) in [5, 5.41) is 0. The number of rotatable bonds is 8. The lowest BCUT2D eigenvalue weighted by Gasteiger charge is -2.22. The van der Waals surface area contributed by atoms with E-state index in [0.29, 0.717) is 11.5 Å². The van der Waals surface area contributed by atoms with Gasteiger partial charge in [-0.05, 0) is 56.1 Å². The van der Waals surface area contributed by atoms with Crippen LogP contribution >= 0.6 is 63.7 Å². The molecule has 0 fully saturated rings. The SMILES string of the molecule is COCOc1c(Br)cc(Br)cc1C(N)c1cc(Br)cc(Br)c1OCOC. The predicted octanol–water partition coefficient (Wildman–Crippen LogP) is 5.75. The Labute approximate surface area is 186 Å². The maximum absolute atomic E-state index is 6.61. The number of methoxy groups -OCH3 is 2. The highest BCUT2D eigenvalue weighted by molar-refractivity contribution is 9.11. The van der Waals surface area contributed by atoms with Crippen LogP contribution in [0.4, 0.5) is 0 Å². The molecule has 0 aliphatic rings. The molecule has 26 heavy (non-hydrogen) atoms. The van der Waals surface area contributed by atoms with Gasteiger partial charge in [0.25, 0.3) is 0 Å². The lowest BCUT2D eigenvalue weighted by molar-refractivity contribution is 0.0488. The van der Waals surface area contributed by atoms with E-state index in [-0.39, 0.29) is 13.6 Å². The first-order valence-electron chi connectivity index (χ1n) is 7.36. The summed E-state index contributed by atoms with van der Waals surface area (Å²) in [6.45, 7) is 0.213. The third-order valence-electron chi connectivity index (χ3n) is 3.39. The summed E-state index contributed by atoms with van der Waals surface area (Å²) < 4.78 is 24.8. The first-order chi connectivity index (χ1) is 12.4. The summed E-state index contributed by atoms with van der Waals surface area (Å²) in [5.74, 6) is 1.22. The van der Waals surface area contributed by atoms with Crippen molar-refractivity contribution in [3.8, 4) is 11.5 Å². The monoisotopic (exact) mass is 615 g/mol. The molecule has 0 saturated carbocycles. The molecule has 142 valence electrons. The molecule has 5 nitrogen and oxygen atoms in total. The summed E-state index contributed by atoms with van der Waals surface area (Å²) in [4.78, 5) is 0. The van der Waals surface area contributed by atoms with Gasteiger partial charge in [0, 0.05) is 34.3 Å². The van der Waals surface area contributed by atoms with Gasteiger partial charge < -0.3 is 24.7 Å². The van der Waals surface area contributed by atoms with E-state index in [1.165, 1.54) is 0 Å². The summed E-state index contributed by atoms with van der Waals surface area (Å²) >= 11 is 14.1. The molecule has 0 bridgehead atoms. The second-order valence-corrected chi connectivity index (χ2v) is 8.73. The molecular formula is C17H17Br4NO4. The first-order valence-corrected chi connectivity index (χ1v) is 10.5. The van der Waals surface area contributed by atoms with Crippen molar-refractivity contribution in [2.45, 2.75) is 6.04 Å². The van der Waals surface area contributed by atoms with Crippen molar-refractivity contribution in [3.05, 3.63) is 53.3 Å². The number of hydrogen-bond acceptors (Lipinski definition) is 5. The normalized spacial score (nSPS) is 11.1. The molecule has 0 aliphatic carbocycles. The molecular weight excluding hydrogens is 602 g/mol. The predicted molar refractivity (Wildman–Crippen MR) is 115 cm³/mol. The molecule has 0 amide bonds. The zero-order valence-corrected chi connectivity index (χ0v) is 20.4. The van der Waals surface area contributed by atoms with Gasteiger partial charge in [0.1, 0.15) is 11.5 Å². The molecule has 0 unspecified atom stereocenters. The van der Waals surface area contributed by atoms with Crippen LogP contribution in [0.15, 0.2) is 42.2 Å². The van der Waals surface area contributed by atoms with Crippen LogP contribution < -0.4 is 15.2 Å². The number of halogens is 4. The van der Waals surface area contributed by atoms with Gasteiger partial charge in [0.2, 0.25) is 0 Å². The Bertz CT molecular complexity index is 709. The second kappa shape index (κ2) is 10.4. The number of hydrogen-bond donors (Lipinski definition) is 1. The molecule has 0 heterocycles. The molecule has 2 aromatic carbocycles. The van der Waals surface area contributed by atoms with E-state index < -0.39 is 6.04 Å². The van der Waals surface area contributed by atoms with Gasteiger partial charge in [-0.3, -0.25) is 0 Å². The third kappa shape index (κ3) is 5.43. The van der Waals surface area contributed by atoms with E-state index in [9.17, 15) is 0 Å². The molecule has 0 aliphatic heterocycles. The highest BCUT2D eigenvalue weighted by Gasteiger charge is 2.23. The summed E-state index contributed by atoms with van der Waals surface area (Å²) in [6.07, 6.45) is 0. The lowest BCUT2D eigenvalue weighted by atomic mass is 9.98. The van der Waals surface area contributed by atoms with Crippen molar-refractivity contribution < 1.29 is 18.9 Å². The van der Waals surface area contributed by atoms with Crippen molar-refractivity contribution >= 4 is 63.7 Å². The van der Waals surface area contributed by atoms with Crippen molar-refractivity contribution in [1.29, 1.82) is 0 Å². The van der Waals surface area contributed by atoms with E-state index in [2.05, 4.69) is 63.7 Å². The van der Waals surface area contributed by atoms with E-state index in [4.69, 9.17) is 24.7 Å². The van der Waals surface area contributed by atoms with Crippen LogP contribution in [0.25, 0.3) is 0 Å². The molecule has 0 aromatic heterocycles. The smallest absolute Gasteiger partial charge is 0.188 e. The zero-order chi connectivity index (χ0) is 19.3. The zero-order valence-electron chi connectivity index (χ0n) is 14.0. The van der Waals surface area contributed by atoms with Crippen molar-refractivity contribution in [2.75, 3.05) is 27.8 Å². The average Bonchev–Trinajstić information content (AvgIpc) is 2.58. The largest absolute Gasteiger partial charge is 0.466 e. The van der Waals surface area contributed by atoms with Crippen LogP contribution in [0.3, 0.4) is 0 Å². The van der Waals surface area contributed by atoms with Gasteiger partial charge in [0.15, 0.2) is 13.6 Å². The Balaban J connectivity index is 2.56. The lowest BCUT2D eigenvalue weighted by Crippen LogP contribution is -2.17. The van der Waals surface area contributed by atoms with Gasteiger partial charge in [0.05, 0.1) is 15.0 Å². The van der Waals surface area contributed by atoms with Crippen molar-refractivity contribution in [1.82, 2.24) is 0 Å². The highest BCUT2D eigenvalue weighted by atomic mass is 79.9. The Morgan fingerprint density at radius 3 is 1.50 bits per heavy atom. The number of nitrogens with two attached hydrogens (primary N) is 1.